The zero-order valence-corrected chi connectivity index (χ0v) is 18.6. The number of carbonyl (C=O) groups excluding carboxylic acids is 1. The Kier molecular flexibility index (Phi) is 6.91. The summed E-state index contributed by atoms with van der Waals surface area (Å²) < 4.78 is 66.4. The lowest BCUT2D eigenvalue weighted by atomic mass is 10.1. The van der Waals surface area contributed by atoms with Crippen molar-refractivity contribution >= 4 is 42.2 Å². The van der Waals surface area contributed by atoms with Crippen LogP contribution in [0.2, 0.25) is 0 Å². The Morgan fingerprint density at radius 3 is 2.34 bits per heavy atom. The molecule has 1 aromatic heterocycles. The lowest BCUT2D eigenvalue weighted by molar-refractivity contribution is -0.135. The van der Waals surface area contributed by atoms with Crippen LogP contribution in [0.1, 0.15) is 42.1 Å². The first kappa shape index (κ1) is 23.8. The molecule has 0 radical (unpaired) electrons. The fourth-order valence-electron chi connectivity index (χ4n) is 3.29. The second-order valence-corrected chi connectivity index (χ2v) is 10.0. The number of ketones is 1. The van der Waals surface area contributed by atoms with Gasteiger partial charge in [-0.25, -0.2) is 8.42 Å². The van der Waals surface area contributed by atoms with Gasteiger partial charge in [-0.2, -0.15) is 18.4 Å². The van der Waals surface area contributed by atoms with Crippen LogP contribution >= 0.6 is 11.3 Å². The predicted octanol–water partition coefficient (Wildman–Crippen LogP) is 5.90. The summed E-state index contributed by atoms with van der Waals surface area (Å²) in [6.07, 6.45) is -5.65. The molecule has 5 nitrogen and oxygen atoms in total. The number of nitrogens with zero attached hydrogens (tertiary/aromatic N) is 2. The Morgan fingerprint density at radius 1 is 1.09 bits per heavy atom. The summed E-state index contributed by atoms with van der Waals surface area (Å²) in [5.74, 6) is -0.340. The van der Waals surface area contributed by atoms with Crippen molar-refractivity contribution in [3.8, 4) is 6.07 Å². The molecule has 0 amide bonds. The Hall–Kier alpha value is -2.90. The Morgan fingerprint density at radius 2 is 1.75 bits per heavy atom. The normalized spacial score (nSPS) is 12.0. The molecule has 0 atom stereocenters. The SMILES string of the molecule is CC(=O)c1c(N(CCCCC(F)(F)F)S(=O)(=O)c2ccc(C#N)cc2)sc2ccccc12. The van der Waals surface area contributed by atoms with Gasteiger partial charge in [0.05, 0.1) is 22.1 Å². The minimum Gasteiger partial charge on any atom is -0.294 e. The van der Waals surface area contributed by atoms with E-state index >= 15 is 0 Å². The van der Waals surface area contributed by atoms with Gasteiger partial charge >= 0.3 is 6.18 Å². The average Bonchev–Trinajstić information content (AvgIpc) is 3.12. The van der Waals surface area contributed by atoms with Crippen molar-refractivity contribution in [3.63, 3.8) is 0 Å². The smallest absolute Gasteiger partial charge is 0.294 e. The standard InChI is InChI=1S/C22H19F3N2O3S2/c1-15(28)20-18-6-2-3-7-19(18)31-21(20)27(13-5-4-12-22(23,24)25)32(29,30)17-10-8-16(14-26)9-11-17/h2-3,6-11H,4-5,12-13H2,1H3. The quantitative estimate of drug-likeness (QED) is 0.297. The molecular weight excluding hydrogens is 461 g/mol. The third-order valence-corrected chi connectivity index (χ3v) is 7.92. The number of hydrogen-bond donors (Lipinski definition) is 0. The molecular formula is C22H19F3N2O3S2. The lowest BCUT2D eigenvalue weighted by Crippen LogP contribution is -2.32. The van der Waals surface area contributed by atoms with Gasteiger partial charge in [0.25, 0.3) is 10.0 Å². The van der Waals surface area contributed by atoms with Crippen LogP contribution in [0.15, 0.2) is 53.4 Å². The van der Waals surface area contributed by atoms with E-state index in [4.69, 9.17) is 5.26 Å². The molecule has 32 heavy (non-hydrogen) atoms. The summed E-state index contributed by atoms with van der Waals surface area (Å²) in [6, 6.07) is 14.1. The number of halogens is 3. The first-order valence-electron chi connectivity index (χ1n) is 9.67. The van der Waals surface area contributed by atoms with E-state index in [2.05, 4.69) is 0 Å². The second kappa shape index (κ2) is 9.30. The highest BCUT2D eigenvalue weighted by Crippen LogP contribution is 2.41. The van der Waals surface area contributed by atoms with Gasteiger partial charge < -0.3 is 0 Å². The van der Waals surface area contributed by atoms with Crippen LogP contribution in [0, 0.1) is 11.3 Å². The molecule has 0 N–H and O–H groups in total. The number of fused-ring (bicyclic) bond motifs is 1. The molecule has 0 aliphatic rings. The Balaban J connectivity index is 2.09. The summed E-state index contributed by atoms with van der Waals surface area (Å²) in [7, 11) is -4.20. The molecule has 0 spiro atoms. The zero-order chi connectivity index (χ0) is 23.5. The molecule has 0 unspecified atom stereocenters. The van der Waals surface area contributed by atoms with E-state index in [0.29, 0.717) is 10.1 Å². The molecule has 0 saturated heterocycles. The number of rotatable bonds is 8. The molecule has 3 rings (SSSR count). The fraction of sp³-hybridized carbons (Fsp3) is 0.273. The van der Waals surface area contributed by atoms with Crippen molar-refractivity contribution in [3.05, 3.63) is 59.7 Å². The molecule has 168 valence electrons. The van der Waals surface area contributed by atoms with Gasteiger partial charge in [0.2, 0.25) is 0 Å². The van der Waals surface area contributed by atoms with Crippen LogP contribution in [0.4, 0.5) is 18.2 Å². The number of anilines is 1. The largest absolute Gasteiger partial charge is 0.389 e. The van der Waals surface area contributed by atoms with Crippen molar-refractivity contribution in [2.24, 2.45) is 0 Å². The van der Waals surface area contributed by atoms with Gasteiger partial charge in [-0.05, 0) is 50.1 Å². The van der Waals surface area contributed by atoms with E-state index in [1.54, 1.807) is 24.3 Å². The van der Waals surface area contributed by atoms with Crippen LogP contribution in [0.25, 0.3) is 10.1 Å². The van der Waals surface area contributed by atoms with Gasteiger partial charge in [0.1, 0.15) is 5.00 Å². The van der Waals surface area contributed by atoms with Gasteiger partial charge in [0.15, 0.2) is 5.78 Å². The van der Waals surface area contributed by atoms with Crippen LogP contribution in [-0.4, -0.2) is 26.9 Å². The van der Waals surface area contributed by atoms with Gasteiger partial charge in [-0.1, -0.05) is 18.2 Å². The number of unbranched alkanes of at least 4 members (excludes halogenated alkanes) is 1. The number of Topliss-reactive ketones (excluding diaryl/α,β-unsaturated/α-hetero) is 1. The van der Waals surface area contributed by atoms with Crippen molar-refractivity contribution in [2.45, 2.75) is 37.3 Å². The van der Waals surface area contributed by atoms with Gasteiger partial charge in [0, 0.05) is 23.1 Å². The minimum absolute atomic E-state index is 0.0411. The molecule has 1 heterocycles. The number of carbonyl (C=O) groups is 1. The summed E-state index contributed by atoms with van der Waals surface area (Å²) in [5, 5.41) is 9.74. The van der Waals surface area contributed by atoms with Gasteiger partial charge in [-0.15, -0.1) is 11.3 Å². The van der Waals surface area contributed by atoms with Crippen LogP contribution in [-0.2, 0) is 10.0 Å². The number of alkyl halides is 3. The molecule has 0 aliphatic heterocycles. The fourth-order valence-corrected chi connectivity index (χ4v) is 6.29. The number of thiophene rings is 1. The lowest BCUT2D eigenvalue weighted by Gasteiger charge is -2.24. The molecule has 0 bridgehead atoms. The van der Waals surface area contributed by atoms with Crippen molar-refractivity contribution in [1.82, 2.24) is 0 Å². The summed E-state index contributed by atoms with van der Waals surface area (Å²) in [6.45, 7) is 1.11. The summed E-state index contributed by atoms with van der Waals surface area (Å²) in [5.41, 5.74) is 0.491. The molecule has 2 aromatic carbocycles. The van der Waals surface area contributed by atoms with E-state index in [0.717, 1.165) is 15.6 Å². The van der Waals surface area contributed by atoms with Gasteiger partial charge in [-0.3, -0.25) is 9.10 Å². The predicted molar refractivity (Wildman–Crippen MR) is 117 cm³/mol. The highest BCUT2D eigenvalue weighted by Gasteiger charge is 2.31. The first-order chi connectivity index (χ1) is 15.0. The van der Waals surface area contributed by atoms with E-state index in [9.17, 15) is 26.4 Å². The molecule has 0 fully saturated rings. The minimum atomic E-state index is -4.33. The highest BCUT2D eigenvalue weighted by molar-refractivity contribution is 7.93. The van der Waals surface area contributed by atoms with E-state index in [1.807, 2.05) is 6.07 Å². The van der Waals surface area contributed by atoms with Crippen molar-refractivity contribution in [1.29, 1.82) is 5.26 Å². The number of sulfonamides is 1. The third kappa shape index (κ3) is 5.11. The number of nitriles is 1. The summed E-state index contributed by atoms with van der Waals surface area (Å²) >= 11 is 1.10. The molecule has 0 saturated carbocycles. The number of hydrogen-bond acceptors (Lipinski definition) is 5. The Bertz CT molecular complexity index is 1270. The number of benzene rings is 2. The summed E-state index contributed by atoms with van der Waals surface area (Å²) in [4.78, 5) is 12.3. The average molecular weight is 481 g/mol. The molecule has 3 aromatic rings. The van der Waals surface area contributed by atoms with E-state index < -0.39 is 22.6 Å². The maximum Gasteiger partial charge on any atom is 0.389 e. The first-order valence-corrected chi connectivity index (χ1v) is 11.9. The third-order valence-electron chi connectivity index (χ3n) is 4.80. The van der Waals surface area contributed by atoms with Crippen molar-refractivity contribution < 1.29 is 26.4 Å². The van der Waals surface area contributed by atoms with Crippen LogP contribution in [0.3, 0.4) is 0 Å². The molecule has 10 heteroatoms. The Labute approximate surface area is 187 Å². The zero-order valence-electron chi connectivity index (χ0n) is 17.0. The van der Waals surface area contributed by atoms with E-state index in [-0.39, 0.29) is 46.2 Å². The molecule has 0 aliphatic carbocycles. The van der Waals surface area contributed by atoms with E-state index in [1.165, 1.54) is 31.2 Å². The monoisotopic (exact) mass is 480 g/mol. The van der Waals surface area contributed by atoms with Crippen LogP contribution in [0.5, 0.6) is 0 Å². The topological polar surface area (TPSA) is 78.2 Å². The second-order valence-electron chi connectivity index (χ2n) is 7.12. The maximum absolute atomic E-state index is 13.5. The highest BCUT2D eigenvalue weighted by atomic mass is 32.2. The van der Waals surface area contributed by atoms with Crippen LogP contribution < -0.4 is 4.31 Å². The maximum atomic E-state index is 13.5. The van der Waals surface area contributed by atoms with Crippen molar-refractivity contribution in [2.75, 3.05) is 10.8 Å².